The number of nitrogens with one attached hydrogen (secondary N) is 1. The van der Waals surface area contributed by atoms with E-state index < -0.39 is 4.92 Å². The van der Waals surface area contributed by atoms with Crippen LogP contribution in [0.1, 0.15) is 30.9 Å². The second kappa shape index (κ2) is 8.11. The largest absolute Gasteiger partial charge is 0.483 e. The average Bonchev–Trinajstić information content (AvgIpc) is 2.55. The molecule has 25 heavy (non-hydrogen) atoms. The van der Waals surface area contributed by atoms with E-state index >= 15 is 0 Å². The normalized spacial score (nSPS) is 10.6. The van der Waals surface area contributed by atoms with E-state index in [0.717, 1.165) is 4.47 Å². The Labute approximate surface area is 154 Å². The van der Waals surface area contributed by atoms with E-state index in [1.165, 1.54) is 23.8 Å². The Kier molecular flexibility index (Phi) is 6.14. The molecule has 0 bridgehead atoms. The number of ether oxygens (including phenoxy) is 1. The van der Waals surface area contributed by atoms with Crippen LogP contribution in [0, 0.1) is 17.0 Å². The highest BCUT2D eigenvalue weighted by Crippen LogP contribution is 2.29. The van der Waals surface area contributed by atoms with Crippen LogP contribution in [0.5, 0.6) is 5.75 Å². The lowest BCUT2D eigenvalue weighted by atomic mass is 10.0. The summed E-state index contributed by atoms with van der Waals surface area (Å²) < 4.78 is 6.33. The molecule has 0 radical (unpaired) electrons. The van der Waals surface area contributed by atoms with Gasteiger partial charge in [-0.3, -0.25) is 14.9 Å². The molecule has 0 aliphatic carbocycles. The SMILES string of the molecule is Cc1cc([N+](=O)[O-])ccc1NC(=O)COc1ccc(C(C)C)cc1Br. The molecular formula is C18H19BrN2O4. The minimum absolute atomic E-state index is 0.0130. The molecule has 0 saturated heterocycles. The first-order valence-electron chi connectivity index (χ1n) is 7.75. The van der Waals surface area contributed by atoms with E-state index in [1.54, 1.807) is 6.92 Å². The summed E-state index contributed by atoms with van der Waals surface area (Å²) in [5.74, 6) is 0.649. The van der Waals surface area contributed by atoms with Crippen molar-refractivity contribution in [2.75, 3.05) is 11.9 Å². The molecule has 1 N–H and O–H groups in total. The number of amides is 1. The molecule has 2 rings (SSSR count). The van der Waals surface area contributed by atoms with Gasteiger partial charge < -0.3 is 10.1 Å². The van der Waals surface area contributed by atoms with Crippen LogP contribution >= 0.6 is 15.9 Å². The number of non-ortho nitro benzene ring substituents is 1. The van der Waals surface area contributed by atoms with Crippen LogP contribution in [-0.4, -0.2) is 17.4 Å². The zero-order valence-corrected chi connectivity index (χ0v) is 15.8. The van der Waals surface area contributed by atoms with Gasteiger partial charge >= 0.3 is 0 Å². The third kappa shape index (κ3) is 5.03. The summed E-state index contributed by atoms with van der Waals surface area (Å²) in [5.41, 5.74) is 2.30. The Morgan fingerprint density at radius 3 is 2.56 bits per heavy atom. The highest BCUT2D eigenvalue weighted by Gasteiger charge is 2.12. The van der Waals surface area contributed by atoms with E-state index in [2.05, 4.69) is 35.1 Å². The van der Waals surface area contributed by atoms with Crippen LogP contribution in [0.25, 0.3) is 0 Å². The lowest BCUT2D eigenvalue weighted by Gasteiger charge is -2.12. The predicted molar refractivity (Wildman–Crippen MR) is 100 cm³/mol. The number of rotatable bonds is 6. The first kappa shape index (κ1) is 18.9. The molecule has 132 valence electrons. The van der Waals surface area contributed by atoms with Gasteiger partial charge in [-0.1, -0.05) is 19.9 Å². The fraction of sp³-hybridized carbons (Fsp3) is 0.278. The minimum atomic E-state index is -0.472. The maximum absolute atomic E-state index is 12.1. The summed E-state index contributed by atoms with van der Waals surface area (Å²) in [4.78, 5) is 22.3. The topological polar surface area (TPSA) is 81.5 Å². The maximum Gasteiger partial charge on any atom is 0.269 e. The molecule has 6 nitrogen and oxygen atoms in total. The number of nitro benzene ring substituents is 1. The van der Waals surface area contributed by atoms with E-state index in [4.69, 9.17) is 4.74 Å². The Balaban J connectivity index is 1.98. The minimum Gasteiger partial charge on any atom is -0.483 e. The molecule has 0 saturated carbocycles. The molecule has 0 fully saturated rings. The van der Waals surface area contributed by atoms with Gasteiger partial charge in [0.1, 0.15) is 5.75 Å². The molecule has 2 aromatic carbocycles. The van der Waals surface area contributed by atoms with E-state index in [0.29, 0.717) is 22.9 Å². The van der Waals surface area contributed by atoms with Crippen molar-refractivity contribution < 1.29 is 14.5 Å². The number of hydrogen-bond acceptors (Lipinski definition) is 4. The highest BCUT2D eigenvalue weighted by molar-refractivity contribution is 9.10. The third-order valence-corrected chi connectivity index (χ3v) is 4.30. The fourth-order valence-electron chi connectivity index (χ4n) is 2.22. The van der Waals surface area contributed by atoms with Crippen LogP contribution in [0.3, 0.4) is 0 Å². The highest BCUT2D eigenvalue weighted by atomic mass is 79.9. The van der Waals surface area contributed by atoms with Crippen molar-refractivity contribution >= 4 is 33.2 Å². The van der Waals surface area contributed by atoms with Gasteiger partial charge in [-0.25, -0.2) is 0 Å². The standard InChI is InChI=1S/C18H19BrN2O4/c1-11(2)13-4-7-17(15(19)9-13)25-10-18(22)20-16-6-5-14(21(23)24)8-12(16)3/h4-9,11H,10H2,1-3H3,(H,20,22). The van der Waals surface area contributed by atoms with Gasteiger partial charge in [0, 0.05) is 17.8 Å². The summed E-state index contributed by atoms with van der Waals surface area (Å²) >= 11 is 3.44. The number of carbonyl (C=O) groups is 1. The molecule has 0 atom stereocenters. The van der Waals surface area contributed by atoms with E-state index in [9.17, 15) is 14.9 Å². The monoisotopic (exact) mass is 406 g/mol. The summed E-state index contributed by atoms with van der Waals surface area (Å²) in [6.07, 6.45) is 0. The lowest BCUT2D eigenvalue weighted by molar-refractivity contribution is -0.384. The van der Waals surface area contributed by atoms with Gasteiger partial charge in [0.25, 0.3) is 11.6 Å². The van der Waals surface area contributed by atoms with Crippen LogP contribution < -0.4 is 10.1 Å². The molecule has 0 aliphatic rings. The first-order valence-corrected chi connectivity index (χ1v) is 8.54. The van der Waals surface area contributed by atoms with Gasteiger partial charge in [-0.15, -0.1) is 0 Å². The van der Waals surface area contributed by atoms with Crippen LogP contribution in [0.2, 0.25) is 0 Å². The first-order chi connectivity index (χ1) is 11.8. The number of benzene rings is 2. The number of nitro groups is 1. The van der Waals surface area contributed by atoms with Crippen molar-refractivity contribution in [3.05, 3.63) is 62.1 Å². The molecule has 0 spiro atoms. The van der Waals surface area contributed by atoms with E-state index in [-0.39, 0.29) is 18.2 Å². The van der Waals surface area contributed by atoms with Gasteiger partial charge in [-0.2, -0.15) is 0 Å². The Morgan fingerprint density at radius 1 is 1.28 bits per heavy atom. The second-order valence-corrected chi connectivity index (χ2v) is 6.79. The van der Waals surface area contributed by atoms with Crippen molar-refractivity contribution in [2.45, 2.75) is 26.7 Å². The molecule has 1 amide bonds. The fourth-order valence-corrected chi connectivity index (χ4v) is 2.74. The number of anilines is 1. The Hall–Kier alpha value is -2.41. The van der Waals surface area contributed by atoms with Gasteiger partial charge in [0.15, 0.2) is 6.61 Å². The zero-order valence-electron chi connectivity index (χ0n) is 14.2. The molecular weight excluding hydrogens is 388 g/mol. The predicted octanol–water partition coefficient (Wildman–Crippen LogP) is 4.81. The maximum atomic E-state index is 12.1. The number of nitrogens with zero attached hydrogens (tertiary/aromatic N) is 1. The van der Waals surface area contributed by atoms with Crippen molar-refractivity contribution in [3.63, 3.8) is 0 Å². The molecule has 7 heteroatoms. The number of hydrogen-bond donors (Lipinski definition) is 1. The number of aryl methyl sites for hydroxylation is 1. The smallest absolute Gasteiger partial charge is 0.269 e. The lowest BCUT2D eigenvalue weighted by Crippen LogP contribution is -2.20. The van der Waals surface area contributed by atoms with Crippen molar-refractivity contribution in [1.82, 2.24) is 0 Å². The van der Waals surface area contributed by atoms with Crippen LogP contribution in [-0.2, 0) is 4.79 Å². The van der Waals surface area contributed by atoms with Gasteiger partial charge in [0.2, 0.25) is 0 Å². The second-order valence-electron chi connectivity index (χ2n) is 5.94. The number of halogens is 1. The van der Waals surface area contributed by atoms with Gasteiger partial charge in [-0.05, 0) is 58.1 Å². The van der Waals surface area contributed by atoms with Crippen molar-refractivity contribution in [1.29, 1.82) is 0 Å². The van der Waals surface area contributed by atoms with Crippen LogP contribution in [0.15, 0.2) is 40.9 Å². The third-order valence-electron chi connectivity index (χ3n) is 3.68. The van der Waals surface area contributed by atoms with Crippen molar-refractivity contribution in [3.8, 4) is 5.75 Å². The Bertz CT molecular complexity index is 806. The molecule has 0 aliphatic heterocycles. The summed E-state index contributed by atoms with van der Waals surface area (Å²) in [6.45, 7) is 5.74. The van der Waals surface area contributed by atoms with Crippen LogP contribution in [0.4, 0.5) is 11.4 Å². The molecule has 0 unspecified atom stereocenters. The summed E-state index contributed by atoms with van der Waals surface area (Å²) in [7, 11) is 0. The van der Waals surface area contributed by atoms with E-state index in [1.807, 2.05) is 18.2 Å². The quantitative estimate of drug-likeness (QED) is 0.551. The summed E-state index contributed by atoms with van der Waals surface area (Å²) in [6, 6.07) is 10.0. The Morgan fingerprint density at radius 2 is 2.00 bits per heavy atom. The average molecular weight is 407 g/mol. The molecule has 2 aromatic rings. The molecule has 0 aromatic heterocycles. The summed E-state index contributed by atoms with van der Waals surface area (Å²) in [5, 5.41) is 13.4. The molecule has 0 heterocycles. The zero-order chi connectivity index (χ0) is 18.6. The van der Waals surface area contributed by atoms with Gasteiger partial charge in [0.05, 0.1) is 9.40 Å². The number of carbonyl (C=O) groups excluding carboxylic acids is 1. The van der Waals surface area contributed by atoms with Crippen molar-refractivity contribution in [2.24, 2.45) is 0 Å².